The van der Waals surface area contributed by atoms with Crippen molar-refractivity contribution in [1.82, 2.24) is 10.2 Å². The van der Waals surface area contributed by atoms with Gasteiger partial charge >= 0.3 is 0 Å². The van der Waals surface area contributed by atoms with E-state index in [1.54, 1.807) is 7.05 Å². The van der Waals surface area contributed by atoms with Crippen molar-refractivity contribution in [1.29, 1.82) is 0 Å². The van der Waals surface area contributed by atoms with Gasteiger partial charge in [-0.1, -0.05) is 41.3 Å². The second kappa shape index (κ2) is 8.68. The third-order valence-corrected chi connectivity index (χ3v) is 5.49. The van der Waals surface area contributed by atoms with Gasteiger partial charge in [-0.15, -0.1) is 10.2 Å². The summed E-state index contributed by atoms with van der Waals surface area (Å²) >= 11 is 2.80. The summed E-state index contributed by atoms with van der Waals surface area (Å²) in [6, 6.07) is 16.8. The van der Waals surface area contributed by atoms with Crippen LogP contribution < -0.4 is 15.4 Å². The van der Waals surface area contributed by atoms with Crippen LogP contribution in [0.15, 0.2) is 58.9 Å². The maximum atomic E-state index is 12.3. The first-order valence-corrected chi connectivity index (χ1v) is 9.65. The first kappa shape index (κ1) is 18.2. The number of para-hydroxylation sites is 1. The molecule has 134 valence electrons. The van der Waals surface area contributed by atoms with Crippen LogP contribution in [0, 0.1) is 0 Å². The van der Waals surface area contributed by atoms with E-state index in [1.165, 1.54) is 23.1 Å². The number of anilines is 2. The summed E-state index contributed by atoms with van der Waals surface area (Å²) < 4.78 is 6.49. The third-order valence-electron chi connectivity index (χ3n) is 3.37. The van der Waals surface area contributed by atoms with Gasteiger partial charge in [0.1, 0.15) is 11.5 Å². The molecule has 0 fully saturated rings. The Balaban J connectivity index is 1.55. The molecular formula is C18H18N4O2S2. The van der Waals surface area contributed by atoms with Crippen LogP contribution in [0.5, 0.6) is 11.5 Å². The third kappa shape index (κ3) is 4.96. The number of ether oxygens (including phenoxy) is 1. The lowest BCUT2D eigenvalue weighted by Crippen LogP contribution is -2.22. The molecule has 3 aromatic rings. The number of aromatic nitrogens is 2. The smallest absolute Gasteiger partial charge is 0.237 e. The molecule has 8 heteroatoms. The Hall–Kier alpha value is -2.58. The van der Waals surface area contributed by atoms with Crippen molar-refractivity contribution >= 4 is 39.8 Å². The number of hydrogen-bond acceptors (Lipinski definition) is 7. The fourth-order valence-electron chi connectivity index (χ4n) is 2.04. The standard InChI is InChI=1S/C18H18N4O2S2/c1-12(25-18-22-21-17(19-2)26-18)16(23)20-13-8-10-15(11-9-13)24-14-6-4-3-5-7-14/h3-12H,1-2H3,(H,19,21)(H,20,23)/t12-/m1/s1. The average molecular weight is 387 g/mol. The summed E-state index contributed by atoms with van der Waals surface area (Å²) in [4.78, 5) is 12.3. The molecule has 26 heavy (non-hydrogen) atoms. The number of nitrogens with zero attached hydrogens (tertiary/aromatic N) is 2. The van der Waals surface area contributed by atoms with E-state index in [4.69, 9.17) is 4.74 Å². The zero-order chi connectivity index (χ0) is 18.4. The highest BCUT2D eigenvalue weighted by atomic mass is 32.2. The highest BCUT2D eigenvalue weighted by Crippen LogP contribution is 2.29. The predicted octanol–water partition coefficient (Wildman–Crippen LogP) is 4.49. The van der Waals surface area contributed by atoms with Crippen LogP contribution in [-0.4, -0.2) is 28.4 Å². The minimum atomic E-state index is -0.284. The Morgan fingerprint density at radius 2 is 1.77 bits per heavy atom. The van der Waals surface area contributed by atoms with Crippen molar-refractivity contribution in [2.45, 2.75) is 16.5 Å². The highest BCUT2D eigenvalue weighted by molar-refractivity contribution is 8.02. The number of carbonyl (C=O) groups excluding carboxylic acids is 1. The van der Waals surface area contributed by atoms with E-state index in [9.17, 15) is 4.79 Å². The molecular weight excluding hydrogens is 368 g/mol. The van der Waals surface area contributed by atoms with E-state index in [-0.39, 0.29) is 11.2 Å². The second-order valence-electron chi connectivity index (χ2n) is 5.31. The van der Waals surface area contributed by atoms with Crippen molar-refractivity contribution in [2.75, 3.05) is 17.7 Å². The normalized spacial score (nSPS) is 11.6. The topological polar surface area (TPSA) is 76.1 Å². The van der Waals surface area contributed by atoms with E-state index >= 15 is 0 Å². The molecule has 0 saturated carbocycles. The summed E-state index contributed by atoms with van der Waals surface area (Å²) in [6.45, 7) is 1.84. The number of thioether (sulfide) groups is 1. The molecule has 2 aromatic carbocycles. The van der Waals surface area contributed by atoms with Crippen molar-refractivity contribution in [2.24, 2.45) is 0 Å². The first-order chi connectivity index (χ1) is 12.6. The van der Waals surface area contributed by atoms with Crippen LogP contribution in [0.3, 0.4) is 0 Å². The first-order valence-electron chi connectivity index (χ1n) is 7.96. The molecule has 0 spiro atoms. The van der Waals surface area contributed by atoms with Crippen molar-refractivity contribution in [3.8, 4) is 11.5 Å². The van der Waals surface area contributed by atoms with E-state index in [0.29, 0.717) is 5.75 Å². The maximum absolute atomic E-state index is 12.3. The van der Waals surface area contributed by atoms with E-state index < -0.39 is 0 Å². The van der Waals surface area contributed by atoms with Crippen LogP contribution in [0.2, 0.25) is 0 Å². The Labute approximate surface area is 160 Å². The molecule has 0 radical (unpaired) electrons. The van der Waals surface area contributed by atoms with Crippen LogP contribution in [0.25, 0.3) is 0 Å². The lowest BCUT2D eigenvalue weighted by atomic mass is 10.3. The molecule has 0 saturated heterocycles. The number of carbonyl (C=O) groups is 1. The van der Waals surface area contributed by atoms with E-state index in [2.05, 4.69) is 20.8 Å². The molecule has 0 aliphatic heterocycles. The van der Waals surface area contributed by atoms with Crippen LogP contribution in [-0.2, 0) is 4.79 Å². The molecule has 2 N–H and O–H groups in total. The predicted molar refractivity (Wildman–Crippen MR) is 106 cm³/mol. The SMILES string of the molecule is CNc1nnc(S[C@H](C)C(=O)Nc2ccc(Oc3ccccc3)cc2)s1. The summed E-state index contributed by atoms with van der Waals surface area (Å²) in [7, 11) is 1.79. The van der Waals surface area contributed by atoms with E-state index in [1.807, 2.05) is 61.5 Å². The molecule has 0 aliphatic rings. The van der Waals surface area contributed by atoms with Crippen LogP contribution >= 0.6 is 23.1 Å². The number of rotatable bonds is 7. The van der Waals surface area contributed by atoms with Crippen LogP contribution in [0.4, 0.5) is 10.8 Å². The van der Waals surface area contributed by atoms with Gasteiger partial charge in [0, 0.05) is 12.7 Å². The van der Waals surface area contributed by atoms with Crippen molar-refractivity contribution in [3.63, 3.8) is 0 Å². The molecule has 0 aliphatic carbocycles. The Morgan fingerprint density at radius 1 is 1.08 bits per heavy atom. The van der Waals surface area contributed by atoms with Gasteiger partial charge in [0.25, 0.3) is 0 Å². The number of nitrogens with one attached hydrogen (secondary N) is 2. The largest absolute Gasteiger partial charge is 0.457 e. The molecule has 3 rings (SSSR count). The molecule has 1 atom stereocenters. The molecule has 1 amide bonds. The van der Waals surface area contributed by atoms with Gasteiger partial charge in [-0.3, -0.25) is 4.79 Å². The lowest BCUT2D eigenvalue weighted by molar-refractivity contribution is -0.115. The maximum Gasteiger partial charge on any atom is 0.237 e. The fourth-order valence-corrected chi connectivity index (χ4v) is 3.89. The van der Waals surface area contributed by atoms with Gasteiger partial charge in [0.15, 0.2) is 4.34 Å². The highest BCUT2D eigenvalue weighted by Gasteiger charge is 2.17. The second-order valence-corrected chi connectivity index (χ2v) is 7.88. The minimum Gasteiger partial charge on any atom is -0.457 e. The monoisotopic (exact) mass is 386 g/mol. The summed E-state index contributed by atoms with van der Waals surface area (Å²) in [6.07, 6.45) is 0. The summed E-state index contributed by atoms with van der Waals surface area (Å²) in [5.41, 5.74) is 0.719. The summed E-state index contributed by atoms with van der Waals surface area (Å²) in [5, 5.41) is 14.3. The Morgan fingerprint density at radius 3 is 2.42 bits per heavy atom. The van der Waals surface area contributed by atoms with Gasteiger partial charge in [0.05, 0.1) is 5.25 Å². The van der Waals surface area contributed by atoms with Crippen molar-refractivity contribution in [3.05, 3.63) is 54.6 Å². The zero-order valence-electron chi connectivity index (χ0n) is 14.3. The Kier molecular flexibility index (Phi) is 6.08. The van der Waals surface area contributed by atoms with Gasteiger partial charge in [-0.2, -0.15) is 0 Å². The molecule has 6 nitrogen and oxygen atoms in total. The number of hydrogen-bond donors (Lipinski definition) is 2. The minimum absolute atomic E-state index is 0.0899. The van der Waals surface area contributed by atoms with Gasteiger partial charge in [-0.05, 0) is 43.3 Å². The lowest BCUT2D eigenvalue weighted by Gasteiger charge is -2.11. The zero-order valence-corrected chi connectivity index (χ0v) is 15.9. The number of benzene rings is 2. The molecule has 1 aromatic heterocycles. The van der Waals surface area contributed by atoms with E-state index in [0.717, 1.165) is 20.9 Å². The van der Waals surface area contributed by atoms with Crippen LogP contribution in [0.1, 0.15) is 6.92 Å². The van der Waals surface area contributed by atoms with Gasteiger partial charge < -0.3 is 15.4 Å². The molecule has 0 unspecified atom stereocenters. The fraction of sp³-hybridized carbons (Fsp3) is 0.167. The van der Waals surface area contributed by atoms with Gasteiger partial charge in [-0.25, -0.2) is 0 Å². The Bertz CT molecular complexity index is 853. The molecule has 1 heterocycles. The quantitative estimate of drug-likeness (QED) is 0.583. The number of amides is 1. The van der Waals surface area contributed by atoms with Crippen molar-refractivity contribution < 1.29 is 9.53 Å². The molecule has 0 bridgehead atoms. The average Bonchev–Trinajstić information content (AvgIpc) is 3.11. The van der Waals surface area contributed by atoms with Gasteiger partial charge in [0.2, 0.25) is 11.0 Å². The summed E-state index contributed by atoms with van der Waals surface area (Å²) in [5.74, 6) is 1.39.